The van der Waals surface area contributed by atoms with Crippen molar-refractivity contribution in [1.82, 2.24) is 19.6 Å². The van der Waals surface area contributed by atoms with Crippen LogP contribution in [0.2, 0.25) is 10.0 Å². The summed E-state index contributed by atoms with van der Waals surface area (Å²) >= 11 is 11.9. The van der Waals surface area contributed by atoms with Crippen molar-refractivity contribution in [2.24, 2.45) is 0 Å². The fraction of sp³-hybridized carbons (Fsp3) is 0.188. The molecule has 0 spiro atoms. The molecule has 1 N–H and O–H groups in total. The van der Waals surface area contributed by atoms with Gasteiger partial charge >= 0.3 is 0 Å². The molecule has 3 rings (SSSR count). The molecule has 0 bridgehead atoms. The summed E-state index contributed by atoms with van der Waals surface area (Å²) in [4.78, 5) is 12.0. The maximum absolute atomic E-state index is 12.0. The van der Waals surface area contributed by atoms with E-state index in [0.29, 0.717) is 28.0 Å². The number of nitrogens with one attached hydrogen (secondary N) is 1. The van der Waals surface area contributed by atoms with Gasteiger partial charge in [0.1, 0.15) is 6.54 Å². The highest BCUT2D eigenvalue weighted by Gasteiger charge is 2.09. The summed E-state index contributed by atoms with van der Waals surface area (Å²) < 4.78 is 3.24. The third-order valence-corrected chi connectivity index (χ3v) is 3.95. The number of anilines is 1. The molecular weight excluding hydrogens is 349 g/mol. The van der Waals surface area contributed by atoms with E-state index in [2.05, 4.69) is 15.5 Å². The van der Waals surface area contributed by atoms with Gasteiger partial charge in [-0.1, -0.05) is 35.3 Å². The number of nitrogens with zero attached hydrogens (tertiary/aromatic N) is 4. The van der Waals surface area contributed by atoms with Gasteiger partial charge in [-0.2, -0.15) is 10.2 Å². The summed E-state index contributed by atoms with van der Waals surface area (Å²) in [5.74, 6) is -0.198. The van der Waals surface area contributed by atoms with Crippen LogP contribution >= 0.6 is 23.2 Å². The fourth-order valence-corrected chi connectivity index (χ4v) is 2.62. The number of halogens is 2. The van der Waals surface area contributed by atoms with Crippen molar-refractivity contribution < 1.29 is 4.79 Å². The first-order valence-corrected chi connectivity index (χ1v) is 8.01. The number of carbonyl (C=O) groups excluding carboxylic acids is 1. The molecule has 2 heterocycles. The van der Waals surface area contributed by atoms with Gasteiger partial charge in [0.15, 0.2) is 0 Å². The number of amides is 1. The highest BCUT2D eigenvalue weighted by Crippen LogP contribution is 2.14. The highest BCUT2D eigenvalue weighted by molar-refractivity contribution is 6.31. The maximum atomic E-state index is 12.0. The lowest BCUT2D eigenvalue weighted by molar-refractivity contribution is -0.116. The number of hydrogen-bond donors (Lipinski definition) is 1. The number of aryl methyl sites for hydroxylation is 1. The largest absolute Gasteiger partial charge is 0.322 e. The minimum atomic E-state index is -0.198. The quantitative estimate of drug-likeness (QED) is 0.755. The van der Waals surface area contributed by atoms with Gasteiger partial charge in [0.2, 0.25) is 5.91 Å². The Morgan fingerprint density at radius 1 is 1.25 bits per heavy atom. The van der Waals surface area contributed by atoms with Crippen molar-refractivity contribution in [3.63, 3.8) is 0 Å². The van der Waals surface area contributed by atoms with E-state index in [-0.39, 0.29) is 12.5 Å². The van der Waals surface area contributed by atoms with E-state index in [4.69, 9.17) is 23.2 Å². The molecule has 24 heavy (non-hydrogen) atoms. The predicted octanol–water partition coefficient (Wildman–Crippen LogP) is 3.38. The van der Waals surface area contributed by atoms with Crippen LogP contribution in [0, 0.1) is 6.92 Å². The first-order chi connectivity index (χ1) is 11.5. The molecule has 124 valence electrons. The number of aromatic nitrogens is 4. The topological polar surface area (TPSA) is 64.7 Å². The molecule has 2 aromatic heterocycles. The molecule has 0 aliphatic carbocycles. The number of benzene rings is 1. The van der Waals surface area contributed by atoms with Gasteiger partial charge < -0.3 is 5.32 Å². The van der Waals surface area contributed by atoms with Crippen molar-refractivity contribution >= 4 is 34.8 Å². The Morgan fingerprint density at radius 3 is 2.79 bits per heavy atom. The average Bonchev–Trinajstić information content (AvgIpc) is 3.06. The first kappa shape index (κ1) is 16.5. The van der Waals surface area contributed by atoms with Crippen LogP contribution in [0.15, 0.2) is 42.9 Å². The molecule has 6 nitrogen and oxygen atoms in total. The van der Waals surface area contributed by atoms with E-state index >= 15 is 0 Å². The second-order valence-electron chi connectivity index (χ2n) is 5.36. The van der Waals surface area contributed by atoms with Gasteiger partial charge in [-0.25, -0.2) is 0 Å². The van der Waals surface area contributed by atoms with Gasteiger partial charge in [0, 0.05) is 17.4 Å². The monoisotopic (exact) mass is 363 g/mol. The molecule has 0 radical (unpaired) electrons. The second kappa shape index (κ2) is 7.07. The van der Waals surface area contributed by atoms with Gasteiger partial charge in [0.05, 0.1) is 29.1 Å². The Morgan fingerprint density at radius 2 is 2.08 bits per heavy atom. The minimum Gasteiger partial charge on any atom is -0.322 e. The van der Waals surface area contributed by atoms with Crippen LogP contribution in [0.25, 0.3) is 0 Å². The molecule has 0 saturated carbocycles. The molecular formula is C16H15Cl2N5O. The van der Waals surface area contributed by atoms with Crippen molar-refractivity contribution in [3.05, 3.63) is 64.2 Å². The maximum Gasteiger partial charge on any atom is 0.246 e. The van der Waals surface area contributed by atoms with Crippen LogP contribution in [-0.4, -0.2) is 25.5 Å². The summed E-state index contributed by atoms with van der Waals surface area (Å²) in [5, 5.41) is 12.4. The normalized spacial score (nSPS) is 10.8. The Labute approximate surface area is 149 Å². The summed E-state index contributed by atoms with van der Waals surface area (Å²) in [6.07, 6.45) is 4.99. The van der Waals surface area contributed by atoms with Crippen LogP contribution in [0.3, 0.4) is 0 Å². The Bertz CT molecular complexity index is 851. The van der Waals surface area contributed by atoms with E-state index in [0.717, 1.165) is 5.56 Å². The molecule has 0 aliphatic heterocycles. The van der Waals surface area contributed by atoms with Crippen molar-refractivity contribution in [3.8, 4) is 0 Å². The average molecular weight is 364 g/mol. The number of rotatable bonds is 5. The zero-order chi connectivity index (χ0) is 17.1. The van der Waals surface area contributed by atoms with Gasteiger partial charge in [-0.15, -0.1) is 0 Å². The zero-order valence-corrected chi connectivity index (χ0v) is 14.4. The SMILES string of the molecule is Cc1nn(CC(=O)Nc2cnn(Cc3cccc(Cl)c3)c2)cc1Cl. The summed E-state index contributed by atoms with van der Waals surface area (Å²) in [7, 11) is 0. The Kier molecular flexibility index (Phi) is 4.87. The van der Waals surface area contributed by atoms with E-state index < -0.39 is 0 Å². The molecule has 0 fully saturated rings. The Balaban J connectivity index is 1.60. The van der Waals surface area contributed by atoms with E-state index in [9.17, 15) is 4.79 Å². The molecule has 0 unspecified atom stereocenters. The smallest absolute Gasteiger partial charge is 0.246 e. The van der Waals surface area contributed by atoms with Crippen molar-refractivity contribution in [1.29, 1.82) is 0 Å². The molecule has 0 atom stereocenters. The lowest BCUT2D eigenvalue weighted by Gasteiger charge is -2.03. The molecule has 1 aromatic carbocycles. The number of hydrogen-bond acceptors (Lipinski definition) is 3. The molecule has 0 saturated heterocycles. The van der Waals surface area contributed by atoms with Crippen LogP contribution in [-0.2, 0) is 17.9 Å². The van der Waals surface area contributed by atoms with Crippen LogP contribution in [0.5, 0.6) is 0 Å². The van der Waals surface area contributed by atoms with Crippen LogP contribution in [0.4, 0.5) is 5.69 Å². The first-order valence-electron chi connectivity index (χ1n) is 7.26. The predicted molar refractivity (Wildman–Crippen MR) is 93.4 cm³/mol. The second-order valence-corrected chi connectivity index (χ2v) is 6.21. The third-order valence-electron chi connectivity index (χ3n) is 3.34. The van der Waals surface area contributed by atoms with Gasteiger partial charge in [-0.05, 0) is 24.6 Å². The highest BCUT2D eigenvalue weighted by atomic mass is 35.5. The van der Waals surface area contributed by atoms with Crippen LogP contribution < -0.4 is 5.32 Å². The molecule has 3 aromatic rings. The summed E-state index contributed by atoms with van der Waals surface area (Å²) in [6.45, 7) is 2.45. The number of carbonyl (C=O) groups is 1. The summed E-state index contributed by atoms with van der Waals surface area (Å²) in [5.41, 5.74) is 2.35. The lowest BCUT2D eigenvalue weighted by atomic mass is 10.2. The van der Waals surface area contributed by atoms with Crippen LogP contribution in [0.1, 0.15) is 11.3 Å². The van der Waals surface area contributed by atoms with E-state index in [1.54, 1.807) is 30.2 Å². The van der Waals surface area contributed by atoms with Crippen molar-refractivity contribution in [2.45, 2.75) is 20.0 Å². The Hall–Kier alpha value is -2.31. The lowest BCUT2D eigenvalue weighted by Crippen LogP contribution is -2.18. The van der Waals surface area contributed by atoms with Gasteiger partial charge in [0.25, 0.3) is 0 Å². The van der Waals surface area contributed by atoms with Crippen molar-refractivity contribution in [2.75, 3.05) is 5.32 Å². The third kappa shape index (κ3) is 4.15. The van der Waals surface area contributed by atoms with Gasteiger partial charge in [-0.3, -0.25) is 14.2 Å². The van der Waals surface area contributed by atoms with E-state index in [1.807, 2.05) is 24.3 Å². The van der Waals surface area contributed by atoms with E-state index in [1.165, 1.54) is 4.68 Å². The fourth-order valence-electron chi connectivity index (χ4n) is 2.26. The molecule has 0 aliphatic rings. The molecule has 1 amide bonds. The molecule has 8 heteroatoms. The summed E-state index contributed by atoms with van der Waals surface area (Å²) in [6, 6.07) is 7.56. The minimum absolute atomic E-state index is 0.0903. The zero-order valence-electron chi connectivity index (χ0n) is 12.9. The standard InChI is InChI=1S/C16H15Cl2N5O/c1-11-15(18)9-23(21-11)10-16(24)20-14-6-19-22(8-14)7-12-3-2-4-13(17)5-12/h2-6,8-9H,7,10H2,1H3,(H,20,24).